The molecule has 4 rings (SSSR count). The van der Waals surface area contributed by atoms with E-state index < -0.39 is 5.82 Å². The van der Waals surface area contributed by atoms with Gasteiger partial charge in [0, 0.05) is 31.2 Å². The number of nitriles is 1. The molecule has 3 aromatic carbocycles. The summed E-state index contributed by atoms with van der Waals surface area (Å²) in [7, 11) is 0. The SMILES string of the molecule is N#Cc1c(F)cccc1N1CCN(C(=O)c2ccccc2OCc2ccc(Cl)cc2)CC1. The van der Waals surface area contributed by atoms with Gasteiger partial charge in [0.2, 0.25) is 0 Å². The quantitative estimate of drug-likeness (QED) is 0.556. The lowest BCUT2D eigenvalue weighted by molar-refractivity contribution is 0.0742. The van der Waals surface area contributed by atoms with E-state index in [9.17, 15) is 14.4 Å². The minimum Gasteiger partial charge on any atom is -0.488 e. The first-order chi connectivity index (χ1) is 15.6. The van der Waals surface area contributed by atoms with Gasteiger partial charge >= 0.3 is 0 Å². The topological polar surface area (TPSA) is 56.6 Å². The number of para-hydroxylation sites is 1. The van der Waals surface area contributed by atoms with Crippen LogP contribution in [0.15, 0.2) is 66.7 Å². The zero-order valence-corrected chi connectivity index (χ0v) is 18.1. The smallest absolute Gasteiger partial charge is 0.257 e. The van der Waals surface area contributed by atoms with Crippen LogP contribution in [-0.2, 0) is 6.61 Å². The van der Waals surface area contributed by atoms with E-state index in [4.69, 9.17) is 16.3 Å². The molecule has 1 saturated heterocycles. The molecule has 1 amide bonds. The van der Waals surface area contributed by atoms with E-state index in [1.165, 1.54) is 6.07 Å². The lowest BCUT2D eigenvalue weighted by atomic mass is 10.1. The third-order valence-corrected chi connectivity index (χ3v) is 5.69. The lowest BCUT2D eigenvalue weighted by Gasteiger charge is -2.36. The van der Waals surface area contributed by atoms with E-state index in [2.05, 4.69) is 0 Å². The molecule has 0 unspecified atom stereocenters. The van der Waals surface area contributed by atoms with Crippen molar-refractivity contribution in [2.45, 2.75) is 6.61 Å². The zero-order chi connectivity index (χ0) is 22.5. The maximum absolute atomic E-state index is 14.0. The van der Waals surface area contributed by atoms with Crippen molar-refractivity contribution in [3.8, 4) is 11.8 Å². The van der Waals surface area contributed by atoms with E-state index in [1.807, 2.05) is 35.2 Å². The first-order valence-corrected chi connectivity index (χ1v) is 10.6. The second-order valence-electron chi connectivity index (χ2n) is 7.44. The number of nitrogens with zero attached hydrogens (tertiary/aromatic N) is 3. The molecule has 1 aliphatic rings. The molecule has 1 heterocycles. The Bertz CT molecular complexity index is 1150. The van der Waals surface area contributed by atoms with Crippen molar-refractivity contribution in [2.75, 3.05) is 31.1 Å². The number of halogens is 2. The molecule has 0 aliphatic carbocycles. The summed E-state index contributed by atoms with van der Waals surface area (Å²) in [5, 5.41) is 9.95. The molecule has 0 bridgehead atoms. The van der Waals surface area contributed by atoms with Crippen LogP contribution in [0.2, 0.25) is 5.02 Å². The third-order valence-electron chi connectivity index (χ3n) is 5.44. The predicted octanol–water partition coefficient (Wildman–Crippen LogP) is 4.89. The Morgan fingerprint density at radius 3 is 2.44 bits per heavy atom. The fourth-order valence-corrected chi connectivity index (χ4v) is 3.84. The van der Waals surface area contributed by atoms with E-state index in [0.717, 1.165) is 5.56 Å². The predicted molar refractivity (Wildman–Crippen MR) is 121 cm³/mol. The summed E-state index contributed by atoms with van der Waals surface area (Å²) in [5.74, 6) is -0.127. The minimum absolute atomic E-state index is 0.0354. The first kappa shape index (κ1) is 21.7. The molecule has 0 atom stereocenters. The van der Waals surface area contributed by atoms with Crippen LogP contribution in [0, 0.1) is 17.1 Å². The van der Waals surface area contributed by atoms with Crippen LogP contribution < -0.4 is 9.64 Å². The highest BCUT2D eigenvalue weighted by atomic mass is 35.5. The van der Waals surface area contributed by atoms with Crippen LogP contribution >= 0.6 is 11.6 Å². The Labute approximate surface area is 191 Å². The van der Waals surface area contributed by atoms with Gasteiger partial charge in [-0.2, -0.15) is 5.26 Å². The number of carbonyl (C=O) groups excluding carboxylic acids is 1. The van der Waals surface area contributed by atoms with Crippen LogP contribution in [0.3, 0.4) is 0 Å². The Hall–Kier alpha value is -3.56. The summed E-state index contributed by atoms with van der Waals surface area (Å²) in [6.45, 7) is 2.28. The normalized spacial score (nSPS) is 13.5. The molecule has 0 aromatic heterocycles. The van der Waals surface area contributed by atoms with Gasteiger partial charge in [-0.05, 0) is 42.0 Å². The molecule has 0 saturated carbocycles. The fraction of sp³-hybridized carbons (Fsp3) is 0.200. The second kappa shape index (κ2) is 9.71. The van der Waals surface area contributed by atoms with Gasteiger partial charge in [0.05, 0.1) is 11.3 Å². The summed E-state index contributed by atoms with van der Waals surface area (Å²) < 4.78 is 19.9. The van der Waals surface area contributed by atoms with Crippen molar-refractivity contribution in [1.29, 1.82) is 5.26 Å². The van der Waals surface area contributed by atoms with Gasteiger partial charge in [-0.1, -0.05) is 41.9 Å². The van der Waals surface area contributed by atoms with Crippen LogP contribution in [0.25, 0.3) is 0 Å². The molecule has 5 nitrogen and oxygen atoms in total. The summed E-state index contributed by atoms with van der Waals surface area (Å²) in [5.41, 5.74) is 2.05. The lowest BCUT2D eigenvalue weighted by Crippen LogP contribution is -2.49. The number of amides is 1. The number of hydrogen-bond donors (Lipinski definition) is 0. The van der Waals surface area contributed by atoms with Gasteiger partial charge < -0.3 is 14.5 Å². The Morgan fingerprint density at radius 1 is 1.00 bits per heavy atom. The molecule has 0 spiro atoms. The fourth-order valence-electron chi connectivity index (χ4n) is 3.72. The second-order valence-corrected chi connectivity index (χ2v) is 7.87. The molecular weight excluding hydrogens is 429 g/mol. The van der Waals surface area contributed by atoms with Crippen LogP contribution in [0.1, 0.15) is 21.5 Å². The summed E-state index contributed by atoms with van der Waals surface area (Å²) in [4.78, 5) is 16.9. The van der Waals surface area contributed by atoms with Crippen molar-refractivity contribution in [3.63, 3.8) is 0 Å². The Balaban J connectivity index is 1.43. The zero-order valence-electron chi connectivity index (χ0n) is 17.3. The highest BCUT2D eigenvalue weighted by molar-refractivity contribution is 6.30. The van der Waals surface area contributed by atoms with Crippen molar-refractivity contribution in [3.05, 3.63) is 94.3 Å². The van der Waals surface area contributed by atoms with Crippen molar-refractivity contribution in [1.82, 2.24) is 4.90 Å². The van der Waals surface area contributed by atoms with Gasteiger partial charge in [-0.15, -0.1) is 0 Å². The monoisotopic (exact) mass is 449 g/mol. The molecular formula is C25H21ClFN3O2. The highest BCUT2D eigenvalue weighted by Gasteiger charge is 2.26. The van der Waals surface area contributed by atoms with Gasteiger partial charge in [0.1, 0.15) is 29.8 Å². The van der Waals surface area contributed by atoms with E-state index >= 15 is 0 Å². The van der Waals surface area contributed by atoms with E-state index in [0.29, 0.717) is 54.8 Å². The van der Waals surface area contributed by atoms with Gasteiger partial charge in [-0.3, -0.25) is 4.79 Å². The van der Waals surface area contributed by atoms with Crippen molar-refractivity contribution >= 4 is 23.2 Å². The van der Waals surface area contributed by atoms with E-state index in [-0.39, 0.29) is 11.5 Å². The molecule has 1 fully saturated rings. The number of carbonyl (C=O) groups is 1. The van der Waals surface area contributed by atoms with Crippen molar-refractivity contribution in [2.24, 2.45) is 0 Å². The van der Waals surface area contributed by atoms with Crippen LogP contribution in [0.5, 0.6) is 5.75 Å². The number of ether oxygens (including phenoxy) is 1. The molecule has 162 valence electrons. The highest BCUT2D eigenvalue weighted by Crippen LogP contribution is 2.26. The van der Waals surface area contributed by atoms with Crippen LogP contribution in [0.4, 0.5) is 10.1 Å². The maximum Gasteiger partial charge on any atom is 0.257 e. The Morgan fingerprint density at radius 2 is 1.72 bits per heavy atom. The minimum atomic E-state index is -0.532. The van der Waals surface area contributed by atoms with Gasteiger partial charge in [0.15, 0.2) is 0 Å². The number of piperazine rings is 1. The number of benzene rings is 3. The molecule has 0 N–H and O–H groups in total. The number of rotatable bonds is 5. The molecule has 0 radical (unpaired) electrons. The standard InChI is InChI=1S/C25H21ClFN3O2/c26-19-10-8-18(9-11-19)17-32-24-7-2-1-4-20(24)25(31)30-14-12-29(13-15-30)23-6-3-5-22(27)21(23)16-28/h1-11H,12-15,17H2. The molecule has 3 aromatic rings. The molecule has 1 aliphatic heterocycles. The maximum atomic E-state index is 14.0. The first-order valence-electron chi connectivity index (χ1n) is 10.3. The Kier molecular flexibility index (Phi) is 6.58. The number of hydrogen-bond acceptors (Lipinski definition) is 4. The summed E-state index contributed by atoms with van der Waals surface area (Å²) in [6.07, 6.45) is 0. The number of anilines is 1. The van der Waals surface area contributed by atoms with E-state index in [1.54, 1.807) is 41.3 Å². The average molecular weight is 450 g/mol. The van der Waals surface area contributed by atoms with Gasteiger partial charge in [0.25, 0.3) is 5.91 Å². The summed E-state index contributed by atoms with van der Waals surface area (Å²) in [6, 6.07) is 21.1. The average Bonchev–Trinajstić information content (AvgIpc) is 2.83. The largest absolute Gasteiger partial charge is 0.488 e. The molecule has 7 heteroatoms. The summed E-state index contributed by atoms with van der Waals surface area (Å²) >= 11 is 5.93. The van der Waals surface area contributed by atoms with Gasteiger partial charge in [-0.25, -0.2) is 4.39 Å². The third kappa shape index (κ3) is 4.68. The van der Waals surface area contributed by atoms with Crippen LogP contribution in [-0.4, -0.2) is 37.0 Å². The van der Waals surface area contributed by atoms with Crippen molar-refractivity contribution < 1.29 is 13.9 Å². The molecule has 32 heavy (non-hydrogen) atoms.